The molecule has 3 heteroatoms. The van der Waals surface area contributed by atoms with Crippen molar-refractivity contribution < 1.29 is 9.84 Å². The average Bonchev–Trinajstić information content (AvgIpc) is 2.04. The Balaban J connectivity index is 3.79. The Bertz CT molecular complexity index is 117. The number of aliphatic hydroxyl groups excluding tert-OH is 1. The highest BCUT2D eigenvalue weighted by Crippen LogP contribution is 2.04. The zero-order chi connectivity index (χ0) is 10.3. The second-order valence-electron chi connectivity index (χ2n) is 3.89. The standard InChI is InChI=1S/C10H23NO2/c1-8(2)10(7-13-4)11-9(3)5-6-12/h8-12H,5-7H2,1-4H3/t9-,10?/m1/s1. The summed E-state index contributed by atoms with van der Waals surface area (Å²) < 4.78 is 5.12. The van der Waals surface area contributed by atoms with Crippen LogP contribution >= 0.6 is 0 Å². The van der Waals surface area contributed by atoms with Crippen molar-refractivity contribution in [1.82, 2.24) is 5.32 Å². The number of aliphatic hydroxyl groups is 1. The van der Waals surface area contributed by atoms with Crippen LogP contribution in [0.1, 0.15) is 27.2 Å². The number of hydrogen-bond donors (Lipinski definition) is 2. The first-order valence-electron chi connectivity index (χ1n) is 4.97. The molecule has 0 fully saturated rings. The lowest BCUT2D eigenvalue weighted by Gasteiger charge is -2.25. The van der Waals surface area contributed by atoms with Gasteiger partial charge < -0.3 is 15.2 Å². The van der Waals surface area contributed by atoms with Gasteiger partial charge in [-0.05, 0) is 19.3 Å². The second-order valence-corrected chi connectivity index (χ2v) is 3.89. The van der Waals surface area contributed by atoms with Gasteiger partial charge in [0.05, 0.1) is 6.61 Å². The average molecular weight is 189 g/mol. The minimum absolute atomic E-state index is 0.242. The molecule has 0 saturated carbocycles. The van der Waals surface area contributed by atoms with E-state index >= 15 is 0 Å². The van der Waals surface area contributed by atoms with Crippen LogP contribution < -0.4 is 5.32 Å². The molecule has 0 amide bonds. The van der Waals surface area contributed by atoms with Crippen molar-refractivity contribution in [2.75, 3.05) is 20.3 Å². The molecule has 0 radical (unpaired) electrons. The zero-order valence-electron chi connectivity index (χ0n) is 9.21. The Kier molecular flexibility index (Phi) is 7.23. The number of hydrogen-bond acceptors (Lipinski definition) is 3. The third-order valence-electron chi connectivity index (χ3n) is 2.21. The summed E-state index contributed by atoms with van der Waals surface area (Å²) in [5, 5.41) is 12.2. The van der Waals surface area contributed by atoms with Gasteiger partial charge in [0.1, 0.15) is 0 Å². The summed E-state index contributed by atoms with van der Waals surface area (Å²) >= 11 is 0. The molecule has 2 N–H and O–H groups in total. The maximum absolute atomic E-state index is 8.75. The normalized spacial score (nSPS) is 16.2. The summed E-state index contributed by atoms with van der Waals surface area (Å²) in [5.41, 5.74) is 0. The first kappa shape index (κ1) is 12.9. The molecule has 0 aliphatic heterocycles. The lowest BCUT2D eigenvalue weighted by molar-refractivity contribution is 0.137. The monoisotopic (exact) mass is 189 g/mol. The molecule has 0 bridgehead atoms. The SMILES string of the molecule is COCC(N[C@H](C)CCO)C(C)C. The molecular formula is C10H23NO2. The van der Waals surface area contributed by atoms with E-state index in [0.717, 1.165) is 13.0 Å². The van der Waals surface area contributed by atoms with Gasteiger partial charge in [-0.15, -0.1) is 0 Å². The van der Waals surface area contributed by atoms with Crippen LogP contribution in [-0.2, 0) is 4.74 Å². The summed E-state index contributed by atoms with van der Waals surface area (Å²) in [6, 6.07) is 0.735. The van der Waals surface area contributed by atoms with E-state index in [1.807, 2.05) is 0 Å². The lowest BCUT2D eigenvalue weighted by atomic mass is 10.0. The van der Waals surface area contributed by atoms with E-state index < -0.39 is 0 Å². The van der Waals surface area contributed by atoms with Crippen LogP contribution in [0.4, 0.5) is 0 Å². The van der Waals surface area contributed by atoms with Gasteiger partial charge in [-0.1, -0.05) is 13.8 Å². The summed E-state index contributed by atoms with van der Waals surface area (Å²) in [4.78, 5) is 0. The van der Waals surface area contributed by atoms with Crippen LogP contribution in [0.5, 0.6) is 0 Å². The van der Waals surface area contributed by atoms with Gasteiger partial charge >= 0.3 is 0 Å². The topological polar surface area (TPSA) is 41.5 Å². The van der Waals surface area contributed by atoms with Gasteiger partial charge in [0.25, 0.3) is 0 Å². The minimum atomic E-state index is 0.242. The Morgan fingerprint density at radius 2 is 1.92 bits per heavy atom. The van der Waals surface area contributed by atoms with E-state index in [-0.39, 0.29) is 6.61 Å². The fourth-order valence-electron chi connectivity index (χ4n) is 1.26. The van der Waals surface area contributed by atoms with Crippen molar-refractivity contribution in [1.29, 1.82) is 0 Å². The smallest absolute Gasteiger partial charge is 0.0618 e. The first-order valence-corrected chi connectivity index (χ1v) is 4.97. The maximum atomic E-state index is 8.75. The molecule has 80 valence electrons. The van der Waals surface area contributed by atoms with Crippen molar-refractivity contribution in [3.8, 4) is 0 Å². The molecule has 0 rings (SSSR count). The van der Waals surface area contributed by atoms with E-state index in [0.29, 0.717) is 18.0 Å². The van der Waals surface area contributed by atoms with Crippen molar-refractivity contribution in [2.45, 2.75) is 39.3 Å². The van der Waals surface area contributed by atoms with Crippen molar-refractivity contribution in [3.05, 3.63) is 0 Å². The molecular weight excluding hydrogens is 166 g/mol. The Morgan fingerprint density at radius 3 is 2.31 bits per heavy atom. The third kappa shape index (κ3) is 6.02. The molecule has 0 aromatic heterocycles. The number of ether oxygens (including phenoxy) is 1. The Hall–Kier alpha value is -0.120. The molecule has 0 aromatic rings. The summed E-state index contributed by atoms with van der Waals surface area (Å²) in [5.74, 6) is 0.557. The van der Waals surface area contributed by atoms with Gasteiger partial charge in [0.15, 0.2) is 0 Å². The predicted molar refractivity (Wildman–Crippen MR) is 54.8 cm³/mol. The second kappa shape index (κ2) is 7.30. The van der Waals surface area contributed by atoms with Crippen LogP contribution in [0, 0.1) is 5.92 Å². The molecule has 13 heavy (non-hydrogen) atoms. The van der Waals surface area contributed by atoms with Gasteiger partial charge in [0.2, 0.25) is 0 Å². The molecule has 0 saturated heterocycles. The molecule has 1 unspecified atom stereocenters. The molecule has 0 heterocycles. The summed E-state index contributed by atoms with van der Waals surface area (Å²) in [7, 11) is 1.72. The van der Waals surface area contributed by atoms with E-state index in [2.05, 4.69) is 26.1 Å². The molecule has 0 spiro atoms. The van der Waals surface area contributed by atoms with Crippen molar-refractivity contribution in [3.63, 3.8) is 0 Å². The van der Waals surface area contributed by atoms with E-state index in [9.17, 15) is 0 Å². The van der Waals surface area contributed by atoms with Gasteiger partial charge in [-0.3, -0.25) is 0 Å². The Morgan fingerprint density at radius 1 is 1.31 bits per heavy atom. The highest BCUT2D eigenvalue weighted by Gasteiger charge is 2.14. The van der Waals surface area contributed by atoms with Crippen LogP contribution in [-0.4, -0.2) is 37.5 Å². The van der Waals surface area contributed by atoms with Crippen LogP contribution in [0.2, 0.25) is 0 Å². The van der Waals surface area contributed by atoms with Crippen molar-refractivity contribution in [2.24, 2.45) is 5.92 Å². The number of methoxy groups -OCH3 is 1. The highest BCUT2D eigenvalue weighted by atomic mass is 16.5. The molecule has 0 aromatic carbocycles. The third-order valence-corrected chi connectivity index (χ3v) is 2.21. The van der Waals surface area contributed by atoms with E-state index in [1.54, 1.807) is 7.11 Å². The van der Waals surface area contributed by atoms with Crippen LogP contribution in [0.3, 0.4) is 0 Å². The summed E-state index contributed by atoms with van der Waals surface area (Å²) in [6.45, 7) is 7.39. The fraction of sp³-hybridized carbons (Fsp3) is 1.00. The zero-order valence-corrected chi connectivity index (χ0v) is 9.21. The highest BCUT2D eigenvalue weighted by molar-refractivity contribution is 4.73. The van der Waals surface area contributed by atoms with Gasteiger partial charge in [0, 0.05) is 25.8 Å². The molecule has 0 aliphatic carbocycles. The minimum Gasteiger partial charge on any atom is -0.396 e. The number of rotatable bonds is 7. The van der Waals surface area contributed by atoms with Gasteiger partial charge in [-0.25, -0.2) is 0 Å². The fourth-order valence-corrected chi connectivity index (χ4v) is 1.26. The predicted octanol–water partition coefficient (Wildman–Crippen LogP) is 1.02. The van der Waals surface area contributed by atoms with E-state index in [4.69, 9.17) is 9.84 Å². The molecule has 0 aliphatic rings. The van der Waals surface area contributed by atoms with E-state index in [1.165, 1.54) is 0 Å². The van der Waals surface area contributed by atoms with Crippen LogP contribution in [0.25, 0.3) is 0 Å². The maximum Gasteiger partial charge on any atom is 0.0618 e. The quantitative estimate of drug-likeness (QED) is 0.628. The largest absolute Gasteiger partial charge is 0.396 e. The first-order chi connectivity index (χ1) is 6.11. The van der Waals surface area contributed by atoms with Gasteiger partial charge in [-0.2, -0.15) is 0 Å². The number of nitrogens with one attached hydrogen (secondary N) is 1. The lowest BCUT2D eigenvalue weighted by Crippen LogP contribution is -2.43. The molecule has 2 atom stereocenters. The Labute approximate surface area is 81.5 Å². The van der Waals surface area contributed by atoms with Crippen molar-refractivity contribution >= 4 is 0 Å². The van der Waals surface area contributed by atoms with Crippen LogP contribution in [0.15, 0.2) is 0 Å². The molecule has 3 nitrogen and oxygen atoms in total. The summed E-state index contributed by atoms with van der Waals surface area (Å²) in [6.07, 6.45) is 0.799.